The van der Waals surface area contributed by atoms with E-state index in [4.69, 9.17) is 0 Å². The van der Waals surface area contributed by atoms with Crippen LogP contribution in [0.2, 0.25) is 0 Å². The Balaban J connectivity index is 1.35. The molecule has 0 N–H and O–H groups in total. The van der Waals surface area contributed by atoms with Gasteiger partial charge < -0.3 is 0 Å². The number of rotatable bonds is 2. The zero-order valence-electron chi connectivity index (χ0n) is 22.3. The van der Waals surface area contributed by atoms with E-state index in [9.17, 15) is 0 Å². The van der Waals surface area contributed by atoms with Gasteiger partial charge in [0.2, 0.25) is 0 Å². The molecule has 4 aromatic carbocycles. The van der Waals surface area contributed by atoms with E-state index in [-0.39, 0.29) is 5.41 Å². The minimum atomic E-state index is 0.0770. The molecule has 1 unspecified atom stereocenters. The second-order valence-corrected chi connectivity index (χ2v) is 13.9. The van der Waals surface area contributed by atoms with Crippen LogP contribution in [0.1, 0.15) is 61.9 Å². The molecule has 1 nitrogen and oxygen atoms in total. The van der Waals surface area contributed by atoms with Crippen LogP contribution in [0.25, 0.3) is 16.6 Å². The van der Waals surface area contributed by atoms with Gasteiger partial charge in [-0.1, -0.05) is 0 Å². The molecule has 3 heterocycles. The van der Waals surface area contributed by atoms with Gasteiger partial charge in [-0.2, -0.15) is 0 Å². The molecule has 3 heteroatoms. The summed E-state index contributed by atoms with van der Waals surface area (Å²) in [5.41, 5.74) is 13.7. The van der Waals surface area contributed by atoms with Gasteiger partial charge in [0.25, 0.3) is 0 Å². The molecule has 0 saturated heterocycles. The van der Waals surface area contributed by atoms with Crippen LogP contribution in [0.3, 0.4) is 0 Å². The van der Waals surface area contributed by atoms with Crippen molar-refractivity contribution in [3.8, 4) is 5.69 Å². The first-order valence-electron chi connectivity index (χ1n) is 14.3. The van der Waals surface area contributed by atoms with Crippen LogP contribution in [0, 0.1) is 0 Å². The summed E-state index contributed by atoms with van der Waals surface area (Å²) in [6, 6.07) is 33.0. The van der Waals surface area contributed by atoms with Crippen molar-refractivity contribution in [1.82, 2.24) is 4.57 Å². The van der Waals surface area contributed by atoms with Crippen molar-refractivity contribution in [2.24, 2.45) is 0 Å². The molecule has 1 atom stereocenters. The zero-order chi connectivity index (χ0) is 25.4. The number of aryl methyl sites for hydroxylation is 1. The molecule has 38 heavy (non-hydrogen) atoms. The molecule has 3 aliphatic rings. The third-order valence-corrected chi connectivity index (χ3v) is 12.1. The number of fused-ring (bicyclic) bond motifs is 7. The topological polar surface area (TPSA) is 4.93 Å². The van der Waals surface area contributed by atoms with E-state index in [1.807, 2.05) is 0 Å². The number of hydrogen-bond acceptors (Lipinski definition) is 0. The Kier molecular flexibility index (Phi) is 5.13. The summed E-state index contributed by atoms with van der Waals surface area (Å²) in [5.74, 6) is 0. The fourth-order valence-corrected chi connectivity index (χ4v) is 10.3. The molecule has 0 saturated carbocycles. The number of para-hydroxylation sites is 1. The molecule has 0 bridgehead atoms. The summed E-state index contributed by atoms with van der Waals surface area (Å²) in [4.78, 5) is 0. The molecular formula is C35H32BNSe. The number of benzene rings is 4. The Bertz CT molecular complexity index is 1750. The molecule has 8 rings (SSSR count). The summed E-state index contributed by atoms with van der Waals surface area (Å²) in [6.07, 6.45) is 7.46. The third-order valence-electron chi connectivity index (χ3n) is 9.74. The maximum absolute atomic E-state index is 2.61. The molecule has 1 aliphatic carbocycles. The molecule has 5 aromatic rings. The first-order chi connectivity index (χ1) is 18.7. The molecular weight excluding hydrogens is 524 g/mol. The molecule has 2 aliphatic heterocycles. The second kappa shape index (κ2) is 8.50. The summed E-state index contributed by atoms with van der Waals surface area (Å²) >= 11 is 0.300. The van der Waals surface area contributed by atoms with E-state index in [2.05, 4.69) is 103 Å². The molecule has 0 fully saturated rings. The van der Waals surface area contributed by atoms with E-state index in [0.717, 1.165) is 6.42 Å². The van der Waals surface area contributed by atoms with Crippen LogP contribution in [0.4, 0.5) is 0 Å². The average Bonchev–Trinajstić information content (AvgIpc) is 3.08. The maximum atomic E-state index is 2.61. The van der Waals surface area contributed by atoms with Gasteiger partial charge in [-0.05, 0) is 0 Å². The monoisotopic (exact) mass is 557 g/mol. The molecule has 186 valence electrons. The summed E-state index contributed by atoms with van der Waals surface area (Å²) in [6.45, 7) is 5.16. The Morgan fingerprint density at radius 1 is 0.789 bits per heavy atom. The third kappa shape index (κ3) is 3.07. The van der Waals surface area contributed by atoms with Crippen molar-refractivity contribution < 1.29 is 0 Å². The second-order valence-electron chi connectivity index (χ2n) is 11.6. The minimum absolute atomic E-state index is 0.0770. The van der Waals surface area contributed by atoms with Crippen molar-refractivity contribution in [1.29, 1.82) is 0 Å². The first kappa shape index (κ1) is 22.9. The van der Waals surface area contributed by atoms with Crippen LogP contribution in [0.15, 0.2) is 84.9 Å². The Hall–Kier alpha value is -3.00. The van der Waals surface area contributed by atoms with Crippen molar-refractivity contribution >= 4 is 57.9 Å². The van der Waals surface area contributed by atoms with Crippen LogP contribution >= 0.6 is 0 Å². The Morgan fingerprint density at radius 3 is 2.53 bits per heavy atom. The van der Waals surface area contributed by atoms with Crippen LogP contribution in [-0.2, 0) is 18.3 Å². The SMILES string of the molecule is CCC1(C)c2ccccc2B2c3ccc(-n4c5c(c6ccccc64)CCCCC5)cc3[Se]c3cccc1c32. The van der Waals surface area contributed by atoms with Crippen molar-refractivity contribution in [3.63, 3.8) is 0 Å². The van der Waals surface area contributed by atoms with Gasteiger partial charge in [-0.3, -0.25) is 0 Å². The Labute approximate surface area is 232 Å². The van der Waals surface area contributed by atoms with Gasteiger partial charge in [-0.25, -0.2) is 0 Å². The van der Waals surface area contributed by atoms with Crippen LogP contribution in [-0.4, -0.2) is 26.2 Å². The number of hydrogen-bond donors (Lipinski definition) is 0. The van der Waals surface area contributed by atoms with Crippen LogP contribution in [0.5, 0.6) is 0 Å². The molecule has 0 spiro atoms. The van der Waals surface area contributed by atoms with Gasteiger partial charge in [0, 0.05) is 0 Å². The summed E-state index contributed by atoms with van der Waals surface area (Å²) in [5, 5.41) is 1.46. The fraction of sp³-hybridized carbons (Fsp3) is 0.257. The van der Waals surface area contributed by atoms with E-state index in [0.29, 0.717) is 21.7 Å². The standard InChI is InChI=1S/C35H32BNSe/c1-3-35(2)26-14-8-9-16-28(26)36-29-21-20-23(22-33(29)38-32-19-11-15-27(35)34(32)36)37-30-17-6-4-5-12-24(30)25-13-7-10-18-31(25)37/h7-11,13-16,18-22H,3-6,12,17H2,1-2H3. The van der Waals surface area contributed by atoms with Crippen molar-refractivity contribution in [2.75, 3.05) is 0 Å². The van der Waals surface area contributed by atoms with E-state index in [1.165, 1.54) is 65.2 Å². The number of nitrogens with zero attached hydrogens (tertiary/aromatic N) is 1. The predicted octanol–water partition coefficient (Wildman–Crippen LogP) is 4.41. The quantitative estimate of drug-likeness (QED) is 0.220. The van der Waals surface area contributed by atoms with Crippen LogP contribution < -0.4 is 25.3 Å². The van der Waals surface area contributed by atoms with Gasteiger partial charge >= 0.3 is 233 Å². The molecule has 1 aromatic heterocycles. The van der Waals surface area contributed by atoms with E-state index in [1.54, 1.807) is 31.2 Å². The zero-order valence-corrected chi connectivity index (χ0v) is 24.0. The van der Waals surface area contributed by atoms with Crippen molar-refractivity contribution in [2.45, 2.75) is 57.8 Å². The van der Waals surface area contributed by atoms with Gasteiger partial charge in [0.15, 0.2) is 0 Å². The Morgan fingerprint density at radius 2 is 1.61 bits per heavy atom. The summed E-state index contributed by atoms with van der Waals surface area (Å²) in [7, 11) is 0. The van der Waals surface area contributed by atoms with Gasteiger partial charge in [-0.15, -0.1) is 0 Å². The first-order valence-corrected chi connectivity index (χ1v) is 16.1. The van der Waals surface area contributed by atoms with E-state index >= 15 is 0 Å². The van der Waals surface area contributed by atoms with Crippen molar-refractivity contribution in [3.05, 3.63) is 107 Å². The predicted molar refractivity (Wildman–Crippen MR) is 164 cm³/mol. The molecule has 0 amide bonds. The van der Waals surface area contributed by atoms with Gasteiger partial charge in [0.05, 0.1) is 0 Å². The van der Waals surface area contributed by atoms with E-state index < -0.39 is 0 Å². The average molecular weight is 556 g/mol. The summed E-state index contributed by atoms with van der Waals surface area (Å²) < 4.78 is 5.75. The van der Waals surface area contributed by atoms with Gasteiger partial charge in [0.1, 0.15) is 0 Å². The number of aromatic nitrogens is 1. The molecule has 0 radical (unpaired) electrons. The fourth-order valence-electron chi connectivity index (χ4n) is 7.74. The normalized spacial score (nSPS) is 19.4.